The highest BCUT2D eigenvalue weighted by atomic mass is 16.5. The van der Waals surface area contributed by atoms with Crippen LogP contribution in [0.4, 0.5) is 0 Å². The summed E-state index contributed by atoms with van der Waals surface area (Å²) < 4.78 is 236. The second-order valence-electron chi connectivity index (χ2n) is 3.86. The minimum absolute atomic E-state index is 0.862. The van der Waals surface area contributed by atoms with Gasteiger partial charge in [0.2, 0.25) is 0 Å². The number of nitrogens with two attached hydrogens (primary N) is 2. The summed E-state index contributed by atoms with van der Waals surface area (Å²) >= 11 is 0. The lowest BCUT2D eigenvalue weighted by Gasteiger charge is -2.08. The van der Waals surface area contributed by atoms with Crippen LogP contribution in [0.1, 0.15) is 79.7 Å². The van der Waals surface area contributed by atoms with Gasteiger partial charge in [-0.1, -0.05) is 51.6 Å². The largest absolute Gasteiger partial charge is 0.493 e. The summed E-state index contributed by atoms with van der Waals surface area (Å²) in [6, 6.07) is -8.59. The average Bonchev–Trinajstić information content (AvgIpc) is 2.95. The van der Waals surface area contributed by atoms with Crippen LogP contribution in [0.15, 0.2) is 48.3 Å². The molecule has 0 atom stereocenters. The second-order valence-corrected chi connectivity index (χ2v) is 3.86. The molecule has 4 heteroatoms. The summed E-state index contributed by atoms with van der Waals surface area (Å²) in [4.78, 5) is 0. The maximum atomic E-state index is 7.84. The first-order chi connectivity index (χ1) is 24.2. The van der Waals surface area contributed by atoms with E-state index in [0.717, 1.165) is 0 Å². The Kier molecular flexibility index (Phi) is 2.06. The first kappa shape index (κ1) is 4.34. The maximum absolute atomic E-state index is 7.84. The molecule has 0 aliphatic carbocycles. The van der Waals surface area contributed by atoms with E-state index in [1.165, 1.54) is 0 Å². The van der Waals surface area contributed by atoms with Crippen molar-refractivity contribution in [3.05, 3.63) is 59.5 Å². The molecule has 0 radical (unpaired) electrons. The smallest absolute Gasteiger partial charge is 0.119 e. The zero-order valence-electron chi connectivity index (χ0n) is 43.0. The summed E-state index contributed by atoms with van der Waals surface area (Å²) in [5, 5.41) is 0. The lowest BCUT2D eigenvalue weighted by atomic mass is 10.2. The molecule has 0 saturated heterocycles. The van der Waals surface area contributed by atoms with Crippen LogP contribution < -0.4 is 20.9 Å². The molecule has 26 heavy (non-hydrogen) atoms. The van der Waals surface area contributed by atoms with Crippen LogP contribution in [0.3, 0.4) is 0 Å². The van der Waals surface area contributed by atoms with E-state index in [2.05, 4.69) is 9.47 Å². The molecule has 0 unspecified atom stereocenters. The number of hydrogen-bond acceptors (Lipinski definition) is 4. The molecule has 0 amide bonds. The molecule has 144 valence electrons. The third-order valence-corrected chi connectivity index (χ3v) is 2.00. The van der Waals surface area contributed by atoms with Crippen molar-refractivity contribution in [3.63, 3.8) is 0 Å². The van der Waals surface area contributed by atoms with Gasteiger partial charge in [-0.05, 0) is 47.1 Å². The van der Waals surface area contributed by atoms with Crippen molar-refractivity contribution in [2.24, 2.45) is 23.3 Å². The molecule has 0 bridgehead atoms. The lowest BCUT2D eigenvalue weighted by molar-refractivity contribution is 0.271. The normalized spacial score (nSPS) is 32.2. The van der Waals surface area contributed by atoms with Gasteiger partial charge in [-0.2, -0.15) is 0 Å². The monoisotopic (exact) mass is 388 g/mol. The summed E-state index contributed by atoms with van der Waals surface area (Å²) in [6.07, 6.45) is 0. The van der Waals surface area contributed by atoms with Crippen LogP contribution in [0.2, 0.25) is 0 Å². The highest BCUT2D eigenvalue weighted by Gasteiger charge is 1.97. The predicted octanol–water partition coefficient (Wildman–Crippen LogP) is 4.36. The van der Waals surface area contributed by atoms with Gasteiger partial charge in [0.15, 0.2) is 0 Å². The van der Waals surface area contributed by atoms with Gasteiger partial charge in [-0.25, -0.2) is 0 Å². The molecule has 4 N–H and O–H groups in total. The Morgan fingerprint density at radius 2 is 1.15 bits per heavy atom. The number of ether oxygens (including phenoxy) is 2. The van der Waals surface area contributed by atoms with Crippen molar-refractivity contribution in [3.8, 4) is 11.5 Å². The lowest BCUT2D eigenvalue weighted by Crippen LogP contribution is -2.04. The Bertz CT molecular complexity index is 1560. The van der Waals surface area contributed by atoms with Crippen molar-refractivity contribution >= 4 is 0 Å². The van der Waals surface area contributed by atoms with E-state index in [0.29, 0.717) is 0 Å². The van der Waals surface area contributed by atoms with E-state index in [4.69, 9.17) is 52.6 Å². The molecular weight excluding hydrogens is 324 g/mol. The fraction of sp³-hybridized carbons (Fsp3) is 0.455. The second kappa shape index (κ2) is 12.3. The van der Waals surface area contributed by atoms with E-state index >= 15 is 0 Å². The summed E-state index contributed by atoms with van der Waals surface area (Å²) in [5.74, 6) is -10.1. The van der Waals surface area contributed by atoms with Gasteiger partial charge in [-0.15, -0.1) is 0 Å². The molecule has 0 aliphatic heterocycles. The fourth-order valence-corrected chi connectivity index (χ4v) is 1.05. The Morgan fingerprint density at radius 3 is 1.42 bits per heavy atom. The zero-order chi connectivity index (χ0) is 45.3. The standard InChI is InChI=1S/2C11H17NO/c2*1-9(2)8-13-11-5-3-10(7-12)4-6-11/h2*3-6,9H,7-8,12H2,1-2H3/i2*1D3,2D3,3D,4D,5D,6D,7D2,8D2,9D. The molecule has 0 heterocycles. The highest BCUT2D eigenvalue weighted by Crippen LogP contribution is 2.13. The Morgan fingerprint density at radius 1 is 0.808 bits per heavy atom. The van der Waals surface area contributed by atoms with Crippen molar-refractivity contribution < 1.29 is 50.6 Å². The summed E-state index contributed by atoms with van der Waals surface area (Å²) in [6.45, 7) is -28.2. The van der Waals surface area contributed by atoms with Gasteiger partial charge in [0.1, 0.15) is 11.5 Å². The summed E-state index contributed by atoms with van der Waals surface area (Å²) in [7, 11) is 0. The number of hydrogen-bond donors (Lipinski definition) is 2. The Labute approximate surface area is 200 Å². The topological polar surface area (TPSA) is 70.5 Å². The molecule has 2 aromatic carbocycles. The van der Waals surface area contributed by atoms with E-state index < -0.39 is 136 Å². The molecule has 0 aliphatic rings. The van der Waals surface area contributed by atoms with Crippen LogP contribution in [0, 0.1) is 11.8 Å². The van der Waals surface area contributed by atoms with E-state index in [1.54, 1.807) is 0 Å². The molecule has 0 aromatic heterocycles. The maximum Gasteiger partial charge on any atom is 0.119 e. The number of rotatable bonds is 8. The van der Waals surface area contributed by atoms with Crippen LogP contribution >= 0.6 is 0 Å². The third kappa shape index (κ3) is 9.44. The average molecular weight is 389 g/mol. The van der Waals surface area contributed by atoms with Gasteiger partial charge in [-0.3, -0.25) is 0 Å². The third-order valence-electron chi connectivity index (χ3n) is 2.00. The van der Waals surface area contributed by atoms with Gasteiger partial charge in [0, 0.05) is 37.7 Å². The van der Waals surface area contributed by atoms with Crippen molar-refractivity contribution in [2.75, 3.05) is 13.1 Å². The fourth-order valence-electron chi connectivity index (χ4n) is 1.05. The van der Waals surface area contributed by atoms with Crippen molar-refractivity contribution in [2.45, 2.75) is 40.4 Å². The Balaban J connectivity index is 0.000000560. The Hall–Kier alpha value is -2.04. The molecule has 0 saturated carbocycles. The van der Waals surface area contributed by atoms with Gasteiger partial charge in [0.25, 0.3) is 0 Å². The molecule has 0 spiro atoms. The van der Waals surface area contributed by atoms with Gasteiger partial charge >= 0.3 is 0 Å². The molecular formula is C22H34N2O2. The molecule has 2 aromatic rings. The summed E-state index contributed by atoms with van der Waals surface area (Å²) in [5.41, 5.74) is 8.66. The first-order valence-electron chi connectivity index (χ1n) is 21.4. The SMILES string of the molecule is [2H]c1c([2H])c(C([2H])([2H])N)c([2H])c([2H])c1OC([2H])([2H])C([2H])(C([2H])([2H])[2H])C([2H])([2H])[2H].[2H]c1c([2H])c(C([2H])([2H])N)c([2H])c([2H])c1OC([2H])([2H])C([2H])(C([2H])([2H])[2H])C([2H])([2H])[2H]. The zero-order valence-corrected chi connectivity index (χ0v) is 13.0. The van der Waals surface area contributed by atoms with Crippen molar-refractivity contribution in [1.29, 1.82) is 0 Å². The van der Waals surface area contributed by atoms with Gasteiger partial charge in [0.05, 0.1) is 29.6 Å². The van der Waals surface area contributed by atoms with E-state index in [1.807, 2.05) is 0 Å². The van der Waals surface area contributed by atoms with Crippen LogP contribution in [0.5, 0.6) is 11.5 Å². The van der Waals surface area contributed by atoms with Crippen LogP contribution in [0.25, 0.3) is 0 Å². The van der Waals surface area contributed by atoms with Gasteiger partial charge < -0.3 is 20.9 Å². The minimum atomic E-state index is -3.85. The predicted molar refractivity (Wildman–Crippen MR) is 109 cm³/mol. The van der Waals surface area contributed by atoms with E-state index in [9.17, 15) is 0 Å². The van der Waals surface area contributed by atoms with E-state index in [-0.39, 0.29) is 0 Å². The first-order valence-corrected chi connectivity index (χ1v) is 6.39. The minimum Gasteiger partial charge on any atom is -0.493 e. The van der Waals surface area contributed by atoms with Crippen LogP contribution in [-0.4, -0.2) is 13.1 Å². The highest BCUT2D eigenvalue weighted by molar-refractivity contribution is 5.27. The van der Waals surface area contributed by atoms with Crippen molar-refractivity contribution in [1.82, 2.24) is 0 Å². The molecule has 4 nitrogen and oxygen atoms in total. The molecule has 0 fully saturated rings. The van der Waals surface area contributed by atoms with Crippen LogP contribution in [-0.2, 0) is 13.0 Å². The molecule has 2 rings (SSSR count). The number of benzene rings is 2. The quantitative estimate of drug-likeness (QED) is 0.705.